The van der Waals surface area contributed by atoms with Gasteiger partial charge in [0.25, 0.3) is 0 Å². The van der Waals surface area contributed by atoms with Crippen LogP contribution in [-0.2, 0) is 4.79 Å². The van der Waals surface area contributed by atoms with Crippen LogP contribution in [0.25, 0.3) is 0 Å². The summed E-state index contributed by atoms with van der Waals surface area (Å²) in [4.78, 5) is 21.2. The average molecular weight is 270 g/mol. The number of para-hydroxylation sites is 1. The maximum absolute atomic E-state index is 10.6. The average Bonchev–Trinajstić information content (AvgIpc) is 2.03. The minimum absolute atomic E-state index is 0. The molecule has 5 heteroatoms. The van der Waals surface area contributed by atoms with E-state index in [9.17, 15) is 9.59 Å². The van der Waals surface area contributed by atoms with E-state index in [-0.39, 0.29) is 59.6 Å². The van der Waals surface area contributed by atoms with Crippen LogP contribution in [0.15, 0.2) is 24.3 Å². The summed E-state index contributed by atoms with van der Waals surface area (Å²) in [5, 5.41) is 8.69. The SMILES string of the molecule is CC(=O)Oc1ccccc1C(=O)O.[H-].[H-].[Sr+2]. The molecule has 1 aromatic rings. The minimum Gasteiger partial charge on any atom is -1.00 e. The van der Waals surface area contributed by atoms with Crippen molar-refractivity contribution in [3.8, 4) is 5.75 Å². The number of carboxylic acids is 1. The summed E-state index contributed by atoms with van der Waals surface area (Å²) >= 11 is 0. The van der Waals surface area contributed by atoms with E-state index in [2.05, 4.69) is 4.74 Å². The molecule has 1 N–H and O–H groups in total. The molecule has 14 heavy (non-hydrogen) atoms. The Morgan fingerprint density at radius 1 is 1.36 bits per heavy atom. The Balaban J connectivity index is -0.000000563. The number of hydrogen-bond acceptors (Lipinski definition) is 3. The summed E-state index contributed by atoms with van der Waals surface area (Å²) in [5.74, 6) is -1.58. The Hall–Kier alpha value is -0.359. The number of carbonyl (C=O) groups is 2. The van der Waals surface area contributed by atoms with Crippen molar-refractivity contribution in [3.05, 3.63) is 29.8 Å². The number of carbonyl (C=O) groups excluding carboxylic acids is 1. The first-order chi connectivity index (χ1) is 6.11. The molecule has 0 spiro atoms. The number of carboxylic acid groups (broad SMARTS) is 1. The molecule has 0 saturated heterocycles. The van der Waals surface area contributed by atoms with Crippen molar-refractivity contribution in [1.82, 2.24) is 0 Å². The predicted octanol–water partition coefficient (Wildman–Crippen LogP) is 1.15. The minimum atomic E-state index is -1.11. The van der Waals surface area contributed by atoms with Gasteiger partial charge in [-0.25, -0.2) is 4.79 Å². The molecular formula is C9H10O4Sr. The fourth-order valence-electron chi connectivity index (χ4n) is 0.887. The van der Waals surface area contributed by atoms with Gasteiger partial charge in [-0.1, -0.05) is 12.1 Å². The normalized spacial score (nSPS) is 8.64. The van der Waals surface area contributed by atoms with Crippen molar-refractivity contribution in [1.29, 1.82) is 0 Å². The summed E-state index contributed by atoms with van der Waals surface area (Å²) in [6.07, 6.45) is 0. The van der Waals surface area contributed by atoms with Gasteiger partial charge in [0.2, 0.25) is 0 Å². The monoisotopic (exact) mass is 270 g/mol. The van der Waals surface area contributed by atoms with Crippen LogP contribution in [0.5, 0.6) is 5.75 Å². The molecule has 0 aromatic heterocycles. The molecule has 1 rings (SSSR count). The largest absolute Gasteiger partial charge is 2.00 e. The molecule has 4 nitrogen and oxygen atoms in total. The molecule has 0 amide bonds. The number of rotatable bonds is 2. The molecule has 0 heterocycles. The van der Waals surface area contributed by atoms with Crippen LogP contribution in [0.1, 0.15) is 20.1 Å². The van der Waals surface area contributed by atoms with Gasteiger partial charge in [0.1, 0.15) is 11.3 Å². The molecule has 0 radical (unpaired) electrons. The summed E-state index contributed by atoms with van der Waals surface area (Å²) in [6.45, 7) is 1.22. The van der Waals surface area contributed by atoms with Gasteiger partial charge in [0.15, 0.2) is 0 Å². The van der Waals surface area contributed by atoms with Crippen molar-refractivity contribution in [2.24, 2.45) is 0 Å². The molecule has 0 aliphatic carbocycles. The van der Waals surface area contributed by atoms with Gasteiger partial charge in [-0.2, -0.15) is 0 Å². The van der Waals surface area contributed by atoms with Crippen LogP contribution < -0.4 is 4.74 Å². The maximum Gasteiger partial charge on any atom is 2.00 e. The van der Waals surface area contributed by atoms with Crippen LogP contribution in [0.4, 0.5) is 0 Å². The van der Waals surface area contributed by atoms with Gasteiger partial charge in [-0.15, -0.1) is 0 Å². The van der Waals surface area contributed by atoms with Gasteiger partial charge < -0.3 is 12.7 Å². The van der Waals surface area contributed by atoms with E-state index in [1.54, 1.807) is 12.1 Å². The first-order valence-corrected chi connectivity index (χ1v) is 3.62. The van der Waals surface area contributed by atoms with Gasteiger partial charge in [0.05, 0.1) is 0 Å². The summed E-state index contributed by atoms with van der Waals surface area (Å²) in [6, 6.07) is 5.98. The topological polar surface area (TPSA) is 63.6 Å². The smallest absolute Gasteiger partial charge is 1.00 e. The molecule has 1 aromatic carbocycles. The number of ether oxygens (including phenoxy) is 1. The standard InChI is InChI=1S/C9H8O4.Sr.2H/c1-6(10)13-8-5-3-2-4-7(8)9(11)12;;;/h2-5H,1H3,(H,11,12);;;/q;+2;2*-1. The van der Waals surface area contributed by atoms with Crippen molar-refractivity contribution < 1.29 is 22.3 Å². The molecule has 0 unspecified atom stereocenters. The Kier molecular flexibility index (Phi) is 6.03. The van der Waals surface area contributed by atoms with Crippen LogP contribution >= 0.6 is 0 Å². The zero-order chi connectivity index (χ0) is 9.84. The van der Waals surface area contributed by atoms with Crippen molar-refractivity contribution in [2.75, 3.05) is 0 Å². The number of esters is 1. The second-order valence-electron chi connectivity index (χ2n) is 2.39. The van der Waals surface area contributed by atoms with Crippen molar-refractivity contribution in [3.63, 3.8) is 0 Å². The fraction of sp³-hybridized carbons (Fsp3) is 0.111. The van der Waals surface area contributed by atoms with E-state index in [1.807, 2.05) is 0 Å². The second-order valence-corrected chi connectivity index (χ2v) is 2.39. The predicted molar refractivity (Wildman–Crippen MR) is 52.7 cm³/mol. The van der Waals surface area contributed by atoms with Crippen molar-refractivity contribution >= 4 is 57.4 Å². The Labute approximate surface area is 121 Å². The third-order valence-corrected chi connectivity index (χ3v) is 1.37. The van der Waals surface area contributed by atoms with Gasteiger partial charge >= 0.3 is 57.4 Å². The van der Waals surface area contributed by atoms with Crippen LogP contribution in [0.2, 0.25) is 0 Å². The Morgan fingerprint density at radius 3 is 2.43 bits per heavy atom. The van der Waals surface area contributed by atoms with E-state index in [1.165, 1.54) is 19.1 Å². The van der Waals surface area contributed by atoms with Gasteiger partial charge in [-0.05, 0) is 12.1 Å². The van der Waals surface area contributed by atoms with Crippen LogP contribution in [0.3, 0.4) is 0 Å². The molecule has 0 fully saturated rings. The van der Waals surface area contributed by atoms with Gasteiger partial charge in [0, 0.05) is 6.92 Å². The summed E-state index contributed by atoms with van der Waals surface area (Å²) < 4.78 is 4.69. The third-order valence-electron chi connectivity index (χ3n) is 1.37. The number of benzene rings is 1. The quantitative estimate of drug-likeness (QED) is 0.497. The molecule has 0 atom stereocenters. The second kappa shape index (κ2) is 6.19. The molecule has 0 aliphatic rings. The van der Waals surface area contributed by atoms with Crippen LogP contribution in [-0.4, -0.2) is 62.5 Å². The Bertz CT molecular complexity index is 357. The maximum atomic E-state index is 10.6. The van der Waals surface area contributed by atoms with E-state index in [0.29, 0.717) is 0 Å². The van der Waals surface area contributed by atoms with Crippen molar-refractivity contribution in [2.45, 2.75) is 6.92 Å². The summed E-state index contributed by atoms with van der Waals surface area (Å²) in [7, 11) is 0. The van der Waals surface area contributed by atoms with E-state index in [4.69, 9.17) is 5.11 Å². The zero-order valence-electron chi connectivity index (χ0n) is 9.69. The number of hydrogen-bond donors (Lipinski definition) is 1. The molecule has 0 saturated carbocycles. The zero-order valence-corrected chi connectivity index (χ0v) is 11.2. The van der Waals surface area contributed by atoms with E-state index < -0.39 is 11.9 Å². The first kappa shape index (κ1) is 13.6. The molecule has 0 bridgehead atoms. The molecule has 72 valence electrons. The summed E-state index contributed by atoms with van der Waals surface area (Å²) in [5.41, 5.74) is -0.0160. The van der Waals surface area contributed by atoms with E-state index in [0.717, 1.165) is 0 Å². The van der Waals surface area contributed by atoms with Crippen LogP contribution in [0, 0.1) is 0 Å². The first-order valence-electron chi connectivity index (χ1n) is 3.62. The van der Waals surface area contributed by atoms with E-state index >= 15 is 0 Å². The molecule has 0 aliphatic heterocycles. The third kappa shape index (κ3) is 3.79. The van der Waals surface area contributed by atoms with Gasteiger partial charge in [-0.3, -0.25) is 4.79 Å². The number of aromatic carboxylic acids is 1. The molecular weight excluding hydrogens is 260 g/mol. The Morgan fingerprint density at radius 2 is 1.93 bits per heavy atom. The fourth-order valence-corrected chi connectivity index (χ4v) is 0.887.